The van der Waals surface area contributed by atoms with Gasteiger partial charge in [-0.3, -0.25) is 4.79 Å². The van der Waals surface area contributed by atoms with Gasteiger partial charge in [-0.2, -0.15) is 4.31 Å². The quantitative estimate of drug-likeness (QED) is 0.645. The number of benzene rings is 2. The number of carbonyl (C=O) groups is 1. The SMILES string of the molecule is CC(NC(=O)c1ccc(N2CCCCC2)c(S(=O)(=O)N2CCCCC2)c1)c1ccc2c(c1)OCO2. The van der Waals surface area contributed by atoms with Crippen LogP contribution in [0.3, 0.4) is 0 Å². The molecule has 0 bridgehead atoms. The van der Waals surface area contributed by atoms with Crippen LogP contribution in [0.15, 0.2) is 41.3 Å². The van der Waals surface area contributed by atoms with Crippen molar-refractivity contribution in [2.45, 2.75) is 56.4 Å². The third kappa shape index (κ3) is 4.97. The molecule has 3 aliphatic rings. The maximum atomic E-state index is 13.7. The molecule has 0 aromatic heterocycles. The van der Waals surface area contributed by atoms with E-state index in [1.54, 1.807) is 16.4 Å². The van der Waals surface area contributed by atoms with Crippen molar-refractivity contribution >= 4 is 21.6 Å². The number of carbonyl (C=O) groups excluding carboxylic acids is 1. The van der Waals surface area contributed by atoms with Gasteiger partial charge in [0.15, 0.2) is 11.5 Å². The number of amides is 1. The minimum atomic E-state index is -3.70. The molecule has 0 saturated carbocycles. The van der Waals surface area contributed by atoms with Gasteiger partial charge < -0.3 is 19.7 Å². The van der Waals surface area contributed by atoms with Crippen molar-refractivity contribution in [2.24, 2.45) is 0 Å². The molecule has 3 aliphatic heterocycles. The smallest absolute Gasteiger partial charge is 0.251 e. The summed E-state index contributed by atoms with van der Waals surface area (Å²) in [6.07, 6.45) is 6.02. The maximum Gasteiger partial charge on any atom is 0.251 e. The fraction of sp³-hybridized carbons (Fsp3) is 0.500. The third-order valence-electron chi connectivity index (χ3n) is 7.10. The van der Waals surface area contributed by atoms with Gasteiger partial charge in [-0.25, -0.2) is 8.42 Å². The van der Waals surface area contributed by atoms with E-state index in [2.05, 4.69) is 10.2 Å². The molecule has 8 nitrogen and oxygen atoms in total. The number of anilines is 1. The lowest BCUT2D eigenvalue weighted by Gasteiger charge is -2.33. The zero-order valence-electron chi connectivity index (χ0n) is 20.2. The molecule has 0 radical (unpaired) electrons. The number of nitrogens with zero attached hydrogens (tertiary/aromatic N) is 2. The summed E-state index contributed by atoms with van der Waals surface area (Å²) in [5, 5.41) is 3.00. The normalized spacial score (nSPS) is 19.4. The largest absolute Gasteiger partial charge is 0.454 e. The standard InChI is InChI=1S/C26H33N3O5S/c1-19(20-9-11-23-24(16-20)34-18-33-23)27-26(30)21-8-10-22(28-12-4-2-5-13-28)25(17-21)35(31,32)29-14-6-3-7-15-29/h8-11,16-17,19H,2-7,12-15,18H2,1H3,(H,27,30). The van der Waals surface area contributed by atoms with Crippen LogP contribution >= 0.6 is 0 Å². The number of fused-ring (bicyclic) bond motifs is 1. The zero-order valence-corrected chi connectivity index (χ0v) is 21.0. The molecule has 2 aromatic rings. The van der Waals surface area contributed by atoms with Crippen LogP contribution in [0.5, 0.6) is 11.5 Å². The van der Waals surface area contributed by atoms with Gasteiger partial charge in [0.05, 0.1) is 11.7 Å². The average Bonchev–Trinajstić information content (AvgIpc) is 3.37. The molecule has 1 N–H and O–H groups in total. The summed E-state index contributed by atoms with van der Waals surface area (Å²) in [6.45, 7) is 4.79. The van der Waals surface area contributed by atoms with Crippen LogP contribution in [-0.4, -0.2) is 51.6 Å². The fourth-order valence-corrected chi connectivity index (χ4v) is 6.80. The number of ether oxygens (including phenoxy) is 2. The molecule has 0 spiro atoms. The van der Waals surface area contributed by atoms with Crippen molar-refractivity contribution in [3.63, 3.8) is 0 Å². The molecule has 35 heavy (non-hydrogen) atoms. The van der Waals surface area contributed by atoms with Crippen LogP contribution in [0.1, 0.15) is 67.4 Å². The minimum absolute atomic E-state index is 0.192. The highest BCUT2D eigenvalue weighted by Crippen LogP contribution is 2.35. The van der Waals surface area contributed by atoms with Crippen LogP contribution in [0.25, 0.3) is 0 Å². The van der Waals surface area contributed by atoms with Crippen molar-refractivity contribution < 1.29 is 22.7 Å². The first kappa shape index (κ1) is 23.9. The molecule has 1 amide bonds. The van der Waals surface area contributed by atoms with E-state index in [0.717, 1.165) is 57.2 Å². The van der Waals surface area contributed by atoms with E-state index >= 15 is 0 Å². The number of hydrogen-bond donors (Lipinski definition) is 1. The van der Waals surface area contributed by atoms with E-state index in [1.165, 1.54) is 0 Å². The summed E-state index contributed by atoms with van der Waals surface area (Å²) in [6, 6.07) is 10.4. The lowest BCUT2D eigenvalue weighted by Crippen LogP contribution is -2.38. The Hall–Kier alpha value is -2.78. The Balaban J connectivity index is 1.42. The van der Waals surface area contributed by atoms with Gasteiger partial charge in [0.25, 0.3) is 5.91 Å². The lowest BCUT2D eigenvalue weighted by molar-refractivity contribution is 0.0939. The molecule has 2 aromatic carbocycles. The van der Waals surface area contributed by atoms with Crippen molar-refractivity contribution in [1.29, 1.82) is 0 Å². The van der Waals surface area contributed by atoms with E-state index in [9.17, 15) is 13.2 Å². The Kier molecular flexibility index (Phi) is 6.88. The van der Waals surface area contributed by atoms with Gasteiger partial charge in [0, 0.05) is 31.7 Å². The third-order valence-corrected chi connectivity index (χ3v) is 9.02. The topological polar surface area (TPSA) is 88.2 Å². The highest BCUT2D eigenvalue weighted by molar-refractivity contribution is 7.89. The highest BCUT2D eigenvalue weighted by Gasteiger charge is 2.31. The van der Waals surface area contributed by atoms with E-state index in [1.807, 2.05) is 31.2 Å². The summed E-state index contributed by atoms with van der Waals surface area (Å²) < 4.78 is 39.8. The van der Waals surface area contributed by atoms with Crippen LogP contribution in [-0.2, 0) is 10.0 Å². The molecule has 188 valence electrons. The van der Waals surface area contributed by atoms with E-state index in [0.29, 0.717) is 35.8 Å². The molecule has 0 aliphatic carbocycles. The molecule has 1 atom stereocenters. The van der Waals surface area contributed by atoms with Crippen molar-refractivity contribution in [1.82, 2.24) is 9.62 Å². The zero-order chi connectivity index (χ0) is 24.4. The number of piperidine rings is 2. The summed E-state index contributed by atoms with van der Waals surface area (Å²) in [5.41, 5.74) is 1.93. The van der Waals surface area contributed by atoms with Crippen molar-refractivity contribution in [3.8, 4) is 11.5 Å². The average molecular weight is 500 g/mol. The summed E-state index contributed by atoms with van der Waals surface area (Å²) in [7, 11) is -3.70. The van der Waals surface area contributed by atoms with Gasteiger partial charge >= 0.3 is 0 Å². The van der Waals surface area contributed by atoms with Crippen molar-refractivity contribution in [2.75, 3.05) is 37.9 Å². The Bertz CT molecular complexity index is 1190. The van der Waals surface area contributed by atoms with E-state index in [4.69, 9.17) is 9.47 Å². The van der Waals surface area contributed by atoms with Crippen LogP contribution in [0.4, 0.5) is 5.69 Å². The molecule has 9 heteroatoms. The predicted molar refractivity (Wildman–Crippen MR) is 134 cm³/mol. The van der Waals surface area contributed by atoms with Crippen LogP contribution in [0, 0.1) is 0 Å². The number of hydrogen-bond acceptors (Lipinski definition) is 6. The van der Waals surface area contributed by atoms with E-state index in [-0.39, 0.29) is 23.6 Å². The van der Waals surface area contributed by atoms with Gasteiger partial charge in [-0.15, -0.1) is 0 Å². The van der Waals surface area contributed by atoms with Gasteiger partial charge in [-0.05, 0) is 74.9 Å². The van der Waals surface area contributed by atoms with Crippen molar-refractivity contribution in [3.05, 3.63) is 47.5 Å². The Labute approximate surface area is 207 Å². The number of nitrogens with one attached hydrogen (secondary N) is 1. The number of rotatable bonds is 6. The first-order valence-corrected chi connectivity index (χ1v) is 14.0. The first-order valence-electron chi connectivity index (χ1n) is 12.5. The monoisotopic (exact) mass is 499 g/mol. The Morgan fingerprint density at radius 1 is 0.886 bits per heavy atom. The molecule has 1 unspecified atom stereocenters. The van der Waals surface area contributed by atoms with E-state index < -0.39 is 10.0 Å². The van der Waals surface area contributed by atoms with Crippen LogP contribution < -0.4 is 19.7 Å². The van der Waals surface area contributed by atoms with Gasteiger partial charge in [-0.1, -0.05) is 12.5 Å². The molecule has 2 fully saturated rings. The minimum Gasteiger partial charge on any atom is -0.454 e. The maximum absolute atomic E-state index is 13.7. The summed E-state index contributed by atoms with van der Waals surface area (Å²) in [4.78, 5) is 15.6. The molecule has 5 rings (SSSR count). The summed E-state index contributed by atoms with van der Waals surface area (Å²) >= 11 is 0. The fourth-order valence-electron chi connectivity index (χ4n) is 5.05. The summed E-state index contributed by atoms with van der Waals surface area (Å²) in [5.74, 6) is 1.04. The molecular weight excluding hydrogens is 466 g/mol. The predicted octanol–water partition coefficient (Wildman–Crippen LogP) is 4.07. The number of sulfonamides is 1. The Morgan fingerprint density at radius 3 is 2.31 bits per heavy atom. The molecule has 3 heterocycles. The highest BCUT2D eigenvalue weighted by atomic mass is 32.2. The van der Waals surface area contributed by atoms with Crippen LogP contribution in [0.2, 0.25) is 0 Å². The second kappa shape index (κ2) is 10.1. The van der Waals surface area contributed by atoms with Gasteiger partial charge in [0.2, 0.25) is 16.8 Å². The Morgan fingerprint density at radius 2 is 1.57 bits per heavy atom. The van der Waals surface area contributed by atoms with Gasteiger partial charge in [0.1, 0.15) is 4.90 Å². The molecule has 2 saturated heterocycles. The second-order valence-corrected chi connectivity index (χ2v) is 11.4. The lowest BCUT2D eigenvalue weighted by atomic mass is 10.1. The second-order valence-electron chi connectivity index (χ2n) is 9.50. The first-order chi connectivity index (χ1) is 16.9. The molecular formula is C26H33N3O5S.